The first kappa shape index (κ1) is 12.5. The van der Waals surface area contributed by atoms with E-state index in [1.54, 1.807) is 30.5 Å². The molecule has 1 aromatic carbocycles. The molecule has 0 unspecified atom stereocenters. The monoisotopic (exact) mass is 359 g/mol. The van der Waals surface area contributed by atoms with E-state index >= 15 is 0 Å². The smallest absolute Gasteiger partial charge is 0.265 e. The largest absolute Gasteiger partial charge is 0.310 e. The second-order valence-electron chi connectivity index (χ2n) is 3.52. The van der Waals surface area contributed by atoms with Crippen LogP contribution in [0.4, 0.5) is 4.39 Å². The van der Waals surface area contributed by atoms with Gasteiger partial charge in [0.2, 0.25) is 0 Å². The van der Waals surface area contributed by atoms with E-state index in [2.05, 4.69) is 31.9 Å². The average molecular weight is 361 g/mol. The fourth-order valence-corrected chi connectivity index (χ4v) is 2.27. The Morgan fingerprint density at radius 2 is 2.00 bits per heavy atom. The molecule has 5 heteroatoms. The van der Waals surface area contributed by atoms with Crippen LogP contribution < -0.4 is 5.56 Å². The predicted molar refractivity (Wildman–Crippen MR) is 71.6 cm³/mol. The van der Waals surface area contributed by atoms with Gasteiger partial charge in [0.05, 0.1) is 11.0 Å². The Bertz CT molecular complexity index is 610. The summed E-state index contributed by atoms with van der Waals surface area (Å²) in [4.78, 5) is 11.8. The van der Waals surface area contributed by atoms with Gasteiger partial charge in [-0.25, -0.2) is 4.39 Å². The summed E-state index contributed by atoms with van der Waals surface area (Å²) in [6, 6.07) is 8.07. The summed E-state index contributed by atoms with van der Waals surface area (Å²) in [6.07, 6.45) is 1.63. The Labute approximate surface area is 114 Å². The summed E-state index contributed by atoms with van der Waals surface area (Å²) in [7, 11) is 0. The summed E-state index contributed by atoms with van der Waals surface area (Å²) >= 11 is 6.44. The number of pyridine rings is 1. The normalized spacial score (nSPS) is 10.5. The average Bonchev–Trinajstić information content (AvgIpc) is 2.30. The topological polar surface area (TPSA) is 22.0 Å². The molecule has 0 bridgehead atoms. The van der Waals surface area contributed by atoms with Crippen molar-refractivity contribution in [1.82, 2.24) is 4.57 Å². The summed E-state index contributed by atoms with van der Waals surface area (Å²) in [5, 5.41) is 0. The molecule has 0 saturated carbocycles. The molecule has 0 atom stereocenters. The zero-order valence-electron chi connectivity index (χ0n) is 8.66. The lowest BCUT2D eigenvalue weighted by Gasteiger charge is -2.07. The third kappa shape index (κ3) is 2.84. The molecular weight excluding hydrogens is 353 g/mol. The molecule has 0 aliphatic rings. The van der Waals surface area contributed by atoms with Gasteiger partial charge in [-0.3, -0.25) is 4.79 Å². The molecule has 0 spiro atoms. The molecule has 2 nitrogen and oxygen atoms in total. The maximum absolute atomic E-state index is 13.5. The number of hydrogen-bond donors (Lipinski definition) is 0. The van der Waals surface area contributed by atoms with Gasteiger partial charge in [-0.05, 0) is 46.3 Å². The first-order valence-corrected chi connectivity index (χ1v) is 6.45. The summed E-state index contributed by atoms with van der Waals surface area (Å²) < 4.78 is 16.2. The van der Waals surface area contributed by atoms with Gasteiger partial charge >= 0.3 is 0 Å². The van der Waals surface area contributed by atoms with Crippen LogP contribution in [0.1, 0.15) is 5.56 Å². The van der Waals surface area contributed by atoms with E-state index in [4.69, 9.17) is 0 Å². The minimum absolute atomic E-state index is 0.174. The lowest BCUT2D eigenvalue weighted by Crippen LogP contribution is -2.20. The SMILES string of the molecule is O=c1c(Br)cccn1Cc1cc(Br)ccc1F. The lowest BCUT2D eigenvalue weighted by atomic mass is 10.2. The van der Waals surface area contributed by atoms with Gasteiger partial charge in [0.15, 0.2) is 0 Å². The highest BCUT2D eigenvalue weighted by atomic mass is 79.9. The Balaban J connectivity index is 2.41. The van der Waals surface area contributed by atoms with E-state index in [0.717, 1.165) is 4.47 Å². The third-order valence-electron chi connectivity index (χ3n) is 2.32. The van der Waals surface area contributed by atoms with Crippen molar-refractivity contribution in [1.29, 1.82) is 0 Å². The third-order valence-corrected chi connectivity index (χ3v) is 3.42. The predicted octanol–water partition coefficient (Wildman–Crippen LogP) is 3.56. The van der Waals surface area contributed by atoms with Gasteiger partial charge in [0, 0.05) is 16.2 Å². The molecule has 0 amide bonds. The van der Waals surface area contributed by atoms with E-state index in [1.165, 1.54) is 10.6 Å². The van der Waals surface area contributed by atoms with Gasteiger partial charge in [-0.2, -0.15) is 0 Å². The molecule has 0 fully saturated rings. The van der Waals surface area contributed by atoms with Crippen LogP contribution in [0.2, 0.25) is 0 Å². The van der Waals surface area contributed by atoms with E-state index in [-0.39, 0.29) is 17.9 Å². The van der Waals surface area contributed by atoms with Gasteiger partial charge < -0.3 is 4.57 Å². The molecular formula is C12H8Br2FNO. The zero-order chi connectivity index (χ0) is 12.4. The van der Waals surface area contributed by atoms with Crippen LogP contribution in [0.3, 0.4) is 0 Å². The van der Waals surface area contributed by atoms with Crippen molar-refractivity contribution >= 4 is 31.9 Å². The standard InChI is InChI=1S/C12H8Br2FNO/c13-9-3-4-11(15)8(6-9)7-16-5-1-2-10(14)12(16)17/h1-6H,7H2. The molecule has 2 rings (SSSR count). The second-order valence-corrected chi connectivity index (χ2v) is 5.29. The number of rotatable bonds is 2. The highest BCUT2D eigenvalue weighted by molar-refractivity contribution is 9.10. The van der Waals surface area contributed by atoms with Crippen molar-refractivity contribution in [2.24, 2.45) is 0 Å². The molecule has 88 valence electrons. The number of hydrogen-bond acceptors (Lipinski definition) is 1. The molecule has 0 radical (unpaired) electrons. The van der Waals surface area contributed by atoms with Crippen molar-refractivity contribution in [3.63, 3.8) is 0 Å². The number of benzene rings is 1. The van der Waals surface area contributed by atoms with Crippen LogP contribution in [-0.2, 0) is 6.54 Å². The summed E-state index contributed by atoms with van der Waals surface area (Å²) in [5.41, 5.74) is 0.298. The van der Waals surface area contributed by atoms with E-state index < -0.39 is 0 Å². The fraction of sp³-hybridized carbons (Fsp3) is 0.0833. The number of aromatic nitrogens is 1. The zero-order valence-corrected chi connectivity index (χ0v) is 11.8. The highest BCUT2D eigenvalue weighted by Crippen LogP contribution is 2.16. The minimum Gasteiger partial charge on any atom is -0.310 e. The van der Waals surface area contributed by atoms with Crippen LogP contribution >= 0.6 is 31.9 Å². The first-order valence-electron chi connectivity index (χ1n) is 4.87. The van der Waals surface area contributed by atoms with Crippen LogP contribution in [0, 0.1) is 5.82 Å². The Hall–Kier alpha value is -0.940. The molecule has 0 saturated heterocycles. The summed E-state index contributed by atoms with van der Waals surface area (Å²) in [6.45, 7) is 0.212. The number of nitrogens with zero attached hydrogens (tertiary/aromatic N) is 1. The lowest BCUT2D eigenvalue weighted by molar-refractivity contribution is 0.595. The van der Waals surface area contributed by atoms with Crippen molar-refractivity contribution in [3.8, 4) is 0 Å². The van der Waals surface area contributed by atoms with Crippen LogP contribution in [-0.4, -0.2) is 4.57 Å². The molecule has 0 aliphatic carbocycles. The highest BCUT2D eigenvalue weighted by Gasteiger charge is 2.06. The van der Waals surface area contributed by atoms with Crippen molar-refractivity contribution in [2.75, 3.05) is 0 Å². The van der Waals surface area contributed by atoms with E-state index in [9.17, 15) is 9.18 Å². The van der Waals surface area contributed by atoms with Crippen molar-refractivity contribution < 1.29 is 4.39 Å². The van der Waals surface area contributed by atoms with E-state index in [1.807, 2.05) is 0 Å². The van der Waals surface area contributed by atoms with Crippen LogP contribution in [0.15, 0.2) is 50.3 Å². The quantitative estimate of drug-likeness (QED) is 0.802. The molecule has 2 aromatic rings. The molecule has 0 aliphatic heterocycles. The van der Waals surface area contributed by atoms with Crippen LogP contribution in [0.5, 0.6) is 0 Å². The molecule has 17 heavy (non-hydrogen) atoms. The molecule has 1 aromatic heterocycles. The Morgan fingerprint density at radius 1 is 1.24 bits per heavy atom. The van der Waals surface area contributed by atoms with Gasteiger partial charge in [-0.1, -0.05) is 15.9 Å². The maximum atomic E-state index is 13.5. The fourth-order valence-electron chi connectivity index (χ4n) is 1.48. The summed E-state index contributed by atoms with van der Waals surface area (Å²) in [5.74, 6) is -0.319. The van der Waals surface area contributed by atoms with Crippen molar-refractivity contribution in [3.05, 3.63) is 67.2 Å². The Morgan fingerprint density at radius 3 is 2.76 bits per heavy atom. The minimum atomic E-state index is -0.319. The molecule has 0 N–H and O–H groups in total. The maximum Gasteiger partial charge on any atom is 0.265 e. The van der Waals surface area contributed by atoms with Gasteiger partial charge in [0.1, 0.15) is 5.82 Å². The van der Waals surface area contributed by atoms with Gasteiger partial charge in [0.25, 0.3) is 5.56 Å². The number of halogens is 3. The second kappa shape index (κ2) is 5.14. The van der Waals surface area contributed by atoms with Crippen LogP contribution in [0.25, 0.3) is 0 Å². The first-order chi connectivity index (χ1) is 8.08. The Kier molecular flexibility index (Phi) is 3.79. The van der Waals surface area contributed by atoms with Gasteiger partial charge in [-0.15, -0.1) is 0 Å². The molecule has 1 heterocycles. The van der Waals surface area contributed by atoms with E-state index in [0.29, 0.717) is 10.0 Å². The van der Waals surface area contributed by atoms with Crippen molar-refractivity contribution in [2.45, 2.75) is 6.54 Å².